The first-order valence-electron chi connectivity index (χ1n) is 8.28. The molecule has 7 heteroatoms. The molecule has 0 saturated heterocycles. The van der Waals surface area contributed by atoms with Crippen LogP contribution in [0.1, 0.15) is 18.5 Å². The van der Waals surface area contributed by atoms with Gasteiger partial charge < -0.3 is 9.05 Å². The highest BCUT2D eigenvalue weighted by Crippen LogP contribution is 2.47. The quantitative estimate of drug-likeness (QED) is 0.513. The second-order valence-electron chi connectivity index (χ2n) is 5.80. The molecule has 0 radical (unpaired) electrons. The molecule has 0 heterocycles. The number of benzene rings is 3. The highest BCUT2D eigenvalue weighted by Gasteiger charge is 2.33. The molecule has 0 aromatic heterocycles. The van der Waals surface area contributed by atoms with Crippen molar-refractivity contribution in [2.45, 2.75) is 13.0 Å². The van der Waals surface area contributed by atoms with Crippen LogP contribution in [-0.2, 0) is 4.57 Å². The lowest BCUT2D eigenvalue weighted by Crippen LogP contribution is -2.22. The van der Waals surface area contributed by atoms with E-state index in [0.717, 1.165) is 5.56 Å². The average Bonchev–Trinajstić information content (AvgIpc) is 2.66. The van der Waals surface area contributed by atoms with Crippen LogP contribution in [0, 0.1) is 11.6 Å². The molecule has 1 N–H and O–H groups in total. The van der Waals surface area contributed by atoms with E-state index in [1.54, 1.807) is 6.92 Å². The minimum absolute atomic E-state index is 0.259. The SMILES string of the molecule is C[C@@H](NP(=O)(Oc1ccccc1F)Oc1ccccc1F)c1ccccc1. The fourth-order valence-electron chi connectivity index (χ4n) is 2.42. The third kappa shape index (κ3) is 4.94. The summed E-state index contributed by atoms with van der Waals surface area (Å²) in [5, 5.41) is 2.74. The number of halogens is 2. The zero-order valence-electron chi connectivity index (χ0n) is 14.5. The first kappa shape index (κ1) is 19.1. The summed E-state index contributed by atoms with van der Waals surface area (Å²) >= 11 is 0. The van der Waals surface area contributed by atoms with Crippen molar-refractivity contribution in [3.8, 4) is 11.5 Å². The van der Waals surface area contributed by atoms with Crippen LogP contribution >= 0.6 is 7.75 Å². The van der Waals surface area contributed by atoms with Crippen LogP contribution < -0.4 is 14.1 Å². The standard InChI is InChI=1S/C20H18F2NO3P/c1-15(16-9-3-2-4-10-16)23-27(24,25-19-13-7-5-11-17(19)21)26-20-14-8-6-12-18(20)22/h2-15H,1H3,(H,23,24)/t15-/m1/s1. The highest BCUT2D eigenvalue weighted by molar-refractivity contribution is 7.52. The Morgan fingerprint density at radius 3 is 1.70 bits per heavy atom. The van der Waals surface area contributed by atoms with E-state index in [0.29, 0.717) is 0 Å². The molecule has 0 unspecified atom stereocenters. The van der Waals surface area contributed by atoms with Gasteiger partial charge in [0.2, 0.25) is 0 Å². The molecule has 27 heavy (non-hydrogen) atoms. The van der Waals surface area contributed by atoms with Gasteiger partial charge in [-0.2, -0.15) is 5.09 Å². The molecule has 4 nitrogen and oxygen atoms in total. The van der Waals surface area contributed by atoms with Crippen LogP contribution in [0.15, 0.2) is 78.9 Å². The van der Waals surface area contributed by atoms with E-state index in [-0.39, 0.29) is 11.5 Å². The molecule has 0 saturated carbocycles. The monoisotopic (exact) mass is 389 g/mol. The molecular formula is C20H18F2NO3P. The largest absolute Gasteiger partial charge is 0.513 e. The fraction of sp³-hybridized carbons (Fsp3) is 0.100. The van der Waals surface area contributed by atoms with Gasteiger partial charge in [0.1, 0.15) is 0 Å². The Kier molecular flexibility index (Phi) is 5.89. The summed E-state index contributed by atoms with van der Waals surface area (Å²) in [5.74, 6) is -1.93. The van der Waals surface area contributed by atoms with Crippen LogP contribution in [0.25, 0.3) is 0 Å². The lowest BCUT2D eigenvalue weighted by molar-refractivity contribution is 0.347. The predicted octanol–water partition coefficient (Wildman–Crippen LogP) is 5.88. The van der Waals surface area contributed by atoms with Crippen molar-refractivity contribution in [1.82, 2.24) is 5.09 Å². The van der Waals surface area contributed by atoms with Gasteiger partial charge in [-0.3, -0.25) is 0 Å². The number of hydrogen-bond acceptors (Lipinski definition) is 3. The zero-order chi connectivity index (χ0) is 19.3. The lowest BCUT2D eigenvalue weighted by Gasteiger charge is -2.24. The molecular weight excluding hydrogens is 371 g/mol. The van der Waals surface area contributed by atoms with E-state index >= 15 is 0 Å². The van der Waals surface area contributed by atoms with Gasteiger partial charge in [-0.1, -0.05) is 54.6 Å². The van der Waals surface area contributed by atoms with Gasteiger partial charge in [-0.25, -0.2) is 13.3 Å². The zero-order valence-corrected chi connectivity index (χ0v) is 15.4. The predicted molar refractivity (Wildman–Crippen MR) is 99.7 cm³/mol. The van der Waals surface area contributed by atoms with Crippen LogP contribution in [0.5, 0.6) is 11.5 Å². The van der Waals surface area contributed by atoms with Gasteiger partial charge in [-0.15, -0.1) is 0 Å². The molecule has 0 aliphatic rings. The van der Waals surface area contributed by atoms with Crippen molar-refractivity contribution >= 4 is 7.75 Å². The number of rotatable bonds is 7. The maximum atomic E-state index is 14.0. The molecule has 3 aromatic rings. The molecule has 3 rings (SSSR count). The summed E-state index contributed by atoms with van der Waals surface area (Å²) in [6.45, 7) is 1.75. The summed E-state index contributed by atoms with van der Waals surface area (Å²) in [6, 6.07) is 19.7. The Balaban J connectivity index is 1.91. The van der Waals surface area contributed by atoms with E-state index < -0.39 is 25.4 Å². The first-order chi connectivity index (χ1) is 13.0. The minimum atomic E-state index is -4.17. The van der Waals surface area contributed by atoms with Gasteiger partial charge in [0.15, 0.2) is 23.1 Å². The third-order valence-electron chi connectivity index (χ3n) is 3.76. The number of nitrogens with one attached hydrogen (secondary N) is 1. The molecule has 140 valence electrons. The van der Waals surface area contributed by atoms with E-state index in [4.69, 9.17) is 9.05 Å². The second kappa shape index (κ2) is 8.33. The maximum absolute atomic E-state index is 14.0. The maximum Gasteiger partial charge on any atom is 0.513 e. The van der Waals surface area contributed by atoms with Crippen molar-refractivity contribution in [3.05, 3.63) is 96.1 Å². The van der Waals surface area contributed by atoms with Crippen LogP contribution in [0.2, 0.25) is 0 Å². The second-order valence-corrected chi connectivity index (χ2v) is 7.42. The first-order valence-corrected chi connectivity index (χ1v) is 9.82. The van der Waals surface area contributed by atoms with Gasteiger partial charge >= 0.3 is 7.75 Å². The molecule has 3 aromatic carbocycles. The fourth-order valence-corrected chi connectivity index (χ4v) is 4.00. The number of hydrogen-bond donors (Lipinski definition) is 1. The van der Waals surface area contributed by atoms with Crippen molar-refractivity contribution in [1.29, 1.82) is 0 Å². The molecule has 0 aliphatic heterocycles. The molecule has 0 fully saturated rings. The smallest absolute Gasteiger partial charge is 0.401 e. The summed E-state index contributed by atoms with van der Waals surface area (Å²) in [7, 11) is -4.17. The van der Waals surface area contributed by atoms with E-state index in [2.05, 4.69) is 5.09 Å². The van der Waals surface area contributed by atoms with E-state index in [9.17, 15) is 13.3 Å². The Bertz CT molecular complexity index is 901. The van der Waals surface area contributed by atoms with Crippen molar-refractivity contribution in [3.63, 3.8) is 0 Å². The summed E-state index contributed by atoms with van der Waals surface area (Å²) in [4.78, 5) is 0. The van der Waals surface area contributed by atoms with Crippen molar-refractivity contribution < 1.29 is 22.4 Å². The summed E-state index contributed by atoms with van der Waals surface area (Å²) < 4.78 is 52.1. The highest BCUT2D eigenvalue weighted by atomic mass is 31.2. The Hall–Kier alpha value is -2.69. The Morgan fingerprint density at radius 1 is 0.778 bits per heavy atom. The topological polar surface area (TPSA) is 47.6 Å². The average molecular weight is 389 g/mol. The number of para-hydroxylation sites is 2. The third-order valence-corrected chi connectivity index (χ3v) is 5.34. The molecule has 1 atom stereocenters. The van der Waals surface area contributed by atoms with Gasteiger partial charge in [0.05, 0.1) is 0 Å². The van der Waals surface area contributed by atoms with Gasteiger partial charge in [-0.05, 0) is 36.8 Å². The Morgan fingerprint density at radius 2 is 1.22 bits per heavy atom. The van der Waals surface area contributed by atoms with Gasteiger partial charge in [0.25, 0.3) is 0 Å². The van der Waals surface area contributed by atoms with Crippen molar-refractivity contribution in [2.24, 2.45) is 0 Å². The van der Waals surface area contributed by atoms with Crippen LogP contribution in [-0.4, -0.2) is 0 Å². The molecule has 0 bridgehead atoms. The summed E-state index contributed by atoms with van der Waals surface area (Å²) in [6.07, 6.45) is 0. The van der Waals surface area contributed by atoms with Crippen molar-refractivity contribution in [2.75, 3.05) is 0 Å². The van der Waals surface area contributed by atoms with Crippen LogP contribution in [0.4, 0.5) is 8.78 Å². The molecule has 0 spiro atoms. The van der Waals surface area contributed by atoms with E-state index in [1.807, 2.05) is 30.3 Å². The van der Waals surface area contributed by atoms with Crippen LogP contribution in [0.3, 0.4) is 0 Å². The molecule has 0 aliphatic carbocycles. The molecule has 0 amide bonds. The Labute approximate surface area is 156 Å². The minimum Gasteiger partial charge on any atom is -0.401 e. The normalized spacial score (nSPS) is 12.4. The summed E-state index contributed by atoms with van der Waals surface area (Å²) in [5.41, 5.74) is 0.812. The van der Waals surface area contributed by atoms with E-state index in [1.165, 1.54) is 48.5 Å². The van der Waals surface area contributed by atoms with Gasteiger partial charge in [0, 0.05) is 6.04 Å². The lowest BCUT2D eigenvalue weighted by atomic mass is 10.1.